The van der Waals surface area contributed by atoms with Crippen molar-refractivity contribution < 1.29 is 0 Å². The van der Waals surface area contributed by atoms with E-state index in [-0.39, 0.29) is 0 Å². The molecule has 0 atom stereocenters. The smallest absolute Gasteiger partial charge is 0.0489 e. The maximum absolute atomic E-state index is 3.83. The highest BCUT2D eigenvalue weighted by Gasteiger charge is 1.74. The maximum atomic E-state index is 3.83. The van der Waals surface area contributed by atoms with Crippen molar-refractivity contribution in [2.24, 2.45) is 7.05 Å². The Kier molecular flexibility index (Phi) is 24.9. The molecule has 0 radical (unpaired) electrons. The van der Waals surface area contributed by atoms with Crippen LogP contribution in [-0.4, -0.2) is 9.78 Å². The summed E-state index contributed by atoms with van der Waals surface area (Å²) < 4.78 is 1.75. The van der Waals surface area contributed by atoms with Crippen molar-refractivity contribution in [1.82, 2.24) is 9.78 Å². The maximum Gasteiger partial charge on any atom is 0.0489 e. The van der Waals surface area contributed by atoms with E-state index in [4.69, 9.17) is 0 Å². The van der Waals surface area contributed by atoms with E-state index < -0.39 is 0 Å². The molecule has 0 aliphatic rings. The van der Waals surface area contributed by atoms with Crippen LogP contribution in [0.3, 0.4) is 0 Å². The van der Waals surface area contributed by atoms with Gasteiger partial charge in [0.2, 0.25) is 0 Å². The van der Waals surface area contributed by atoms with Crippen molar-refractivity contribution in [3.05, 3.63) is 42.8 Å². The van der Waals surface area contributed by atoms with Crippen LogP contribution in [0.5, 0.6) is 0 Å². The molecule has 1 aromatic heterocycles. The largest absolute Gasteiger partial charge is 0.276 e. The number of allylic oxidation sites excluding steroid dienone is 3. The highest BCUT2D eigenvalue weighted by atomic mass is 15.2. The van der Waals surface area contributed by atoms with E-state index in [1.807, 2.05) is 59.2 Å². The van der Waals surface area contributed by atoms with Crippen LogP contribution >= 0.6 is 0 Å². The molecule has 0 spiro atoms. The average Bonchev–Trinajstić information content (AvgIpc) is 2.86. The van der Waals surface area contributed by atoms with Crippen LogP contribution in [0.4, 0.5) is 0 Å². The van der Waals surface area contributed by atoms with Gasteiger partial charge in [-0.05, 0) is 19.4 Å². The van der Waals surface area contributed by atoms with Gasteiger partial charge in [0.05, 0.1) is 0 Å². The number of rotatable bonds is 2. The minimum atomic E-state index is 1.13. The lowest BCUT2D eigenvalue weighted by Crippen LogP contribution is -1.83. The van der Waals surface area contributed by atoms with Crippen molar-refractivity contribution in [1.29, 1.82) is 0 Å². The number of hydrogen-bond donors (Lipinski definition) is 0. The summed E-state index contributed by atoms with van der Waals surface area (Å²) in [6, 6.07) is 1.89. The van der Waals surface area contributed by atoms with E-state index >= 15 is 0 Å². The molecule has 0 N–H and O–H groups in total. The standard InChI is InChI=1S/C7H12.C4H6N2.2C2H6/c1-4-6-7(3)5-2;1-6-4-2-3-5-6;2*1-2/h4,6H,1,5H2,2-3H3;2-4H,1H3;2*1-2H3/b7-6-;;;. The second-order valence-corrected chi connectivity index (χ2v) is 2.78. The molecule has 0 fully saturated rings. The molecule has 0 saturated heterocycles. The molecule has 1 aromatic rings. The van der Waals surface area contributed by atoms with Gasteiger partial charge in [-0.15, -0.1) is 0 Å². The number of aromatic nitrogens is 2. The van der Waals surface area contributed by atoms with Crippen LogP contribution in [0.1, 0.15) is 48.0 Å². The fraction of sp³-hybridized carbons (Fsp3) is 0.533. The fourth-order valence-electron chi connectivity index (χ4n) is 0.664. The van der Waals surface area contributed by atoms with Crippen LogP contribution in [0, 0.1) is 0 Å². The SMILES string of the molecule is C=C/C=C(/C)CC.CC.CC.Cn1cccn1. The zero-order valence-corrected chi connectivity index (χ0v) is 12.7. The van der Waals surface area contributed by atoms with Crippen LogP contribution < -0.4 is 0 Å². The second kappa shape index (κ2) is 20.1. The first kappa shape index (κ1) is 21.0. The molecular formula is C15H30N2. The predicted molar refractivity (Wildman–Crippen MR) is 80.1 cm³/mol. The number of aryl methyl sites for hydroxylation is 1. The first-order valence-electron chi connectivity index (χ1n) is 6.42. The Balaban J connectivity index is -0.000000179. The Morgan fingerprint density at radius 1 is 1.29 bits per heavy atom. The summed E-state index contributed by atoms with van der Waals surface area (Å²) in [5.74, 6) is 0. The molecule has 0 amide bonds. The molecular weight excluding hydrogens is 208 g/mol. The third kappa shape index (κ3) is 20.7. The lowest BCUT2D eigenvalue weighted by atomic mass is 10.2. The van der Waals surface area contributed by atoms with Gasteiger partial charge in [0.25, 0.3) is 0 Å². The summed E-state index contributed by atoms with van der Waals surface area (Å²) in [5, 5.41) is 3.83. The van der Waals surface area contributed by atoms with Crippen molar-refractivity contribution in [2.45, 2.75) is 48.0 Å². The van der Waals surface area contributed by atoms with Crippen LogP contribution in [0.15, 0.2) is 42.8 Å². The minimum Gasteiger partial charge on any atom is -0.276 e. The Bertz CT molecular complexity index is 246. The molecule has 2 nitrogen and oxygen atoms in total. The molecule has 1 heterocycles. The average molecular weight is 238 g/mol. The lowest BCUT2D eigenvalue weighted by Gasteiger charge is -1.86. The second-order valence-electron chi connectivity index (χ2n) is 2.78. The van der Waals surface area contributed by atoms with Gasteiger partial charge in [-0.2, -0.15) is 5.10 Å². The summed E-state index contributed by atoms with van der Waals surface area (Å²) in [5.41, 5.74) is 1.38. The zero-order valence-electron chi connectivity index (χ0n) is 12.7. The highest BCUT2D eigenvalue weighted by molar-refractivity contribution is 5.06. The summed E-state index contributed by atoms with van der Waals surface area (Å²) in [6.07, 6.45) is 8.62. The van der Waals surface area contributed by atoms with E-state index in [2.05, 4.69) is 25.5 Å². The third-order valence-electron chi connectivity index (χ3n) is 1.60. The molecule has 0 aliphatic carbocycles. The molecule has 17 heavy (non-hydrogen) atoms. The summed E-state index contributed by atoms with van der Waals surface area (Å²) in [4.78, 5) is 0. The van der Waals surface area contributed by atoms with Gasteiger partial charge < -0.3 is 0 Å². The van der Waals surface area contributed by atoms with Gasteiger partial charge >= 0.3 is 0 Å². The molecule has 0 aromatic carbocycles. The number of nitrogens with zero attached hydrogens (tertiary/aromatic N) is 2. The normalized spacial score (nSPS) is 8.53. The first-order chi connectivity index (χ1) is 8.20. The molecule has 1 rings (SSSR count). The van der Waals surface area contributed by atoms with E-state index in [1.165, 1.54) is 5.57 Å². The number of hydrogen-bond acceptors (Lipinski definition) is 1. The summed E-state index contributed by atoms with van der Waals surface area (Å²) in [7, 11) is 1.89. The van der Waals surface area contributed by atoms with Gasteiger partial charge in [-0.1, -0.05) is 58.9 Å². The van der Waals surface area contributed by atoms with Crippen molar-refractivity contribution >= 4 is 0 Å². The Morgan fingerprint density at radius 2 is 1.82 bits per heavy atom. The van der Waals surface area contributed by atoms with Crippen molar-refractivity contribution in [3.8, 4) is 0 Å². The summed E-state index contributed by atoms with van der Waals surface area (Å²) in [6.45, 7) is 15.8. The minimum absolute atomic E-state index is 1.13. The molecule has 0 saturated carbocycles. The molecule has 2 heteroatoms. The lowest BCUT2D eigenvalue weighted by molar-refractivity contribution is 0.768. The van der Waals surface area contributed by atoms with Crippen molar-refractivity contribution in [2.75, 3.05) is 0 Å². The van der Waals surface area contributed by atoms with E-state index in [1.54, 1.807) is 10.9 Å². The Labute approximate surface area is 108 Å². The van der Waals surface area contributed by atoms with Crippen LogP contribution in [0.25, 0.3) is 0 Å². The van der Waals surface area contributed by atoms with Gasteiger partial charge in [0, 0.05) is 19.4 Å². The third-order valence-corrected chi connectivity index (χ3v) is 1.60. The van der Waals surface area contributed by atoms with Gasteiger partial charge in [0.1, 0.15) is 0 Å². The van der Waals surface area contributed by atoms with E-state index in [0.29, 0.717) is 0 Å². The quantitative estimate of drug-likeness (QED) is 0.663. The Hall–Kier alpha value is -1.31. The molecule has 0 unspecified atom stereocenters. The highest BCUT2D eigenvalue weighted by Crippen LogP contribution is 1.95. The predicted octanol–water partition coefficient (Wildman–Crippen LogP) is 5.00. The molecule has 0 aliphatic heterocycles. The van der Waals surface area contributed by atoms with Crippen LogP contribution in [0.2, 0.25) is 0 Å². The van der Waals surface area contributed by atoms with Gasteiger partial charge in [-0.3, -0.25) is 4.68 Å². The van der Waals surface area contributed by atoms with Crippen molar-refractivity contribution in [3.63, 3.8) is 0 Å². The monoisotopic (exact) mass is 238 g/mol. The molecule has 0 bridgehead atoms. The van der Waals surface area contributed by atoms with Crippen LogP contribution in [-0.2, 0) is 7.05 Å². The first-order valence-corrected chi connectivity index (χ1v) is 6.42. The fourth-order valence-corrected chi connectivity index (χ4v) is 0.664. The topological polar surface area (TPSA) is 17.8 Å². The zero-order chi connectivity index (χ0) is 14.1. The molecule has 100 valence electrons. The Morgan fingerprint density at radius 3 is 1.94 bits per heavy atom. The van der Waals surface area contributed by atoms with Gasteiger partial charge in [0.15, 0.2) is 0 Å². The van der Waals surface area contributed by atoms with E-state index in [9.17, 15) is 0 Å². The van der Waals surface area contributed by atoms with Gasteiger partial charge in [-0.25, -0.2) is 0 Å². The van der Waals surface area contributed by atoms with E-state index in [0.717, 1.165) is 6.42 Å². The summed E-state index contributed by atoms with van der Waals surface area (Å²) >= 11 is 0.